The molecule has 0 radical (unpaired) electrons. The van der Waals surface area contributed by atoms with Gasteiger partial charge in [-0.15, -0.1) is 0 Å². The Labute approximate surface area is 229 Å². The lowest BCUT2D eigenvalue weighted by atomic mass is 9.87. The first-order valence-corrected chi connectivity index (χ1v) is 14.6. The van der Waals surface area contributed by atoms with Crippen LogP contribution in [0.1, 0.15) is 66.4 Å². The number of ether oxygens (including phenoxy) is 1. The van der Waals surface area contributed by atoms with Crippen molar-refractivity contribution in [3.63, 3.8) is 0 Å². The third-order valence-electron chi connectivity index (χ3n) is 7.23. The molecule has 4 atom stereocenters. The van der Waals surface area contributed by atoms with Gasteiger partial charge >= 0.3 is 12.3 Å². The smallest absolute Gasteiger partial charge is 0.416 e. The van der Waals surface area contributed by atoms with Crippen LogP contribution in [0.25, 0.3) is 0 Å². The molecule has 8 nitrogen and oxygen atoms in total. The number of nitrogens with one attached hydrogen (secondary N) is 1. The van der Waals surface area contributed by atoms with Crippen LogP contribution in [0.4, 0.5) is 18.0 Å². The minimum absolute atomic E-state index is 0.0178. The number of carbonyl (C=O) groups excluding carboxylic acids is 2. The van der Waals surface area contributed by atoms with Crippen LogP contribution >= 0.6 is 0 Å². The summed E-state index contributed by atoms with van der Waals surface area (Å²) in [7, 11) is -2.46. The van der Waals surface area contributed by atoms with E-state index in [4.69, 9.17) is 4.74 Å². The summed E-state index contributed by atoms with van der Waals surface area (Å²) in [5.41, 5.74) is -1.90. The van der Waals surface area contributed by atoms with Gasteiger partial charge in [0.25, 0.3) is 0 Å². The van der Waals surface area contributed by atoms with Crippen molar-refractivity contribution in [1.82, 2.24) is 14.5 Å². The van der Waals surface area contributed by atoms with Gasteiger partial charge in [-0.25, -0.2) is 13.2 Å². The van der Waals surface area contributed by atoms with Crippen molar-refractivity contribution in [1.29, 1.82) is 0 Å². The number of amides is 2. The highest BCUT2D eigenvalue weighted by Crippen LogP contribution is 2.41. The van der Waals surface area contributed by atoms with E-state index in [0.717, 1.165) is 24.3 Å². The monoisotopic (exact) mass is 575 g/mol. The molecule has 1 aliphatic heterocycles. The van der Waals surface area contributed by atoms with Crippen molar-refractivity contribution in [2.45, 2.75) is 89.6 Å². The third kappa shape index (κ3) is 7.65. The molecule has 0 bridgehead atoms. The van der Waals surface area contributed by atoms with E-state index in [9.17, 15) is 31.2 Å². The van der Waals surface area contributed by atoms with Gasteiger partial charge in [-0.2, -0.15) is 17.5 Å². The largest absolute Gasteiger partial charge is 0.444 e. The van der Waals surface area contributed by atoms with Crippen LogP contribution < -0.4 is 5.32 Å². The molecule has 0 aromatic heterocycles. The summed E-state index contributed by atoms with van der Waals surface area (Å²) in [6, 6.07) is 2.42. The fourth-order valence-corrected chi connectivity index (χ4v) is 6.82. The van der Waals surface area contributed by atoms with Crippen molar-refractivity contribution >= 4 is 22.0 Å². The summed E-state index contributed by atoms with van der Waals surface area (Å²) < 4.78 is 71.9. The summed E-state index contributed by atoms with van der Waals surface area (Å²) in [6.45, 7) is 11.6. The summed E-state index contributed by atoms with van der Waals surface area (Å²) in [5.74, 6) is -0.447. The molecular weight excluding hydrogens is 535 g/mol. The van der Waals surface area contributed by atoms with Gasteiger partial charge in [0.2, 0.25) is 15.9 Å². The Hall–Kier alpha value is -2.34. The molecule has 0 spiro atoms. The maximum atomic E-state index is 13.5. The Bertz CT molecular complexity index is 1160. The minimum atomic E-state index is -4.55. The summed E-state index contributed by atoms with van der Waals surface area (Å²) >= 11 is 0. The van der Waals surface area contributed by atoms with Crippen molar-refractivity contribution in [3.8, 4) is 0 Å². The lowest BCUT2D eigenvalue weighted by Gasteiger charge is -2.34. The molecule has 2 fully saturated rings. The van der Waals surface area contributed by atoms with Crippen molar-refractivity contribution in [3.05, 3.63) is 29.8 Å². The maximum absolute atomic E-state index is 13.5. The summed E-state index contributed by atoms with van der Waals surface area (Å²) in [5, 5.41) is 3.07. The number of carbonyl (C=O) groups is 2. The van der Waals surface area contributed by atoms with Crippen LogP contribution in [0.2, 0.25) is 0 Å². The fourth-order valence-electron chi connectivity index (χ4n) is 5.29. The molecule has 2 amide bonds. The Kier molecular flexibility index (Phi) is 8.73. The summed E-state index contributed by atoms with van der Waals surface area (Å²) in [6.07, 6.45) is -3.38. The van der Waals surface area contributed by atoms with Crippen LogP contribution in [-0.4, -0.2) is 67.4 Å². The van der Waals surface area contributed by atoms with Gasteiger partial charge in [-0.05, 0) is 81.5 Å². The second-order valence-electron chi connectivity index (χ2n) is 12.8. The van der Waals surface area contributed by atoms with Crippen LogP contribution in [0.3, 0.4) is 0 Å². The van der Waals surface area contributed by atoms with Crippen molar-refractivity contribution in [2.75, 3.05) is 20.1 Å². The average Bonchev–Trinajstić information content (AvgIpc) is 3.37. The highest BCUT2D eigenvalue weighted by atomic mass is 32.2. The predicted molar refractivity (Wildman–Crippen MR) is 140 cm³/mol. The highest BCUT2D eigenvalue weighted by Gasteiger charge is 2.47. The van der Waals surface area contributed by atoms with E-state index < -0.39 is 39.5 Å². The van der Waals surface area contributed by atoms with E-state index in [-0.39, 0.29) is 47.2 Å². The van der Waals surface area contributed by atoms with Gasteiger partial charge in [0.15, 0.2) is 0 Å². The molecule has 220 valence electrons. The van der Waals surface area contributed by atoms with Gasteiger partial charge in [0, 0.05) is 26.2 Å². The molecule has 12 heteroatoms. The molecule has 1 N–H and O–H groups in total. The Morgan fingerprint density at radius 3 is 2.15 bits per heavy atom. The maximum Gasteiger partial charge on any atom is 0.416 e. The molecule has 1 aromatic rings. The lowest BCUT2D eigenvalue weighted by molar-refractivity contribution is -0.137. The van der Waals surface area contributed by atoms with E-state index in [0.29, 0.717) is 19.3 Å². The predicted octanol–water partition coefficient (Wildman–Crippen LogP) is 4.89. The Morgan fingerprint density at radius 2 is 1.64 bits per heavy atom. The lowest BCUT2D eigenvalue weighted by Crippen LogP contribution is -2.53. The Balaban J connectivity index is 1.72. The molecule has 2 aliphatic rings. The number of likely N-dealkylation sites (N-methyl/N-ethyl adjacent to an activating group) is 1. The number of halogens is 3. The normalized spacial score (nSPS) is 23.3. The highest BCUT2D eigenvalue weighted by molar-refractivity contribution is 7.89. The second-order valence-corrected chi connectivity index (χ2v) is 14.8. The molecule has 1 saturated heterocycles. The topological polar surface area (TPSA) is 96.0 Å². The number of hydrogen-bond donors (Lipinski definition) is 1. The van der Waals surface area contributed by atoms with E-state index >= 15 is 0 Å². The van der Waals surface area contributed by atoms with Gasteiger partial charge in [-0.1, -0.05) is 20.8 Å². The van der Waals surface area contributed by atoms with Crippen LogP contribution in [0.15, 0.2) is 29.2 Å². The first-order valence-electron chi connectivity index (χ1n) is 13.1. The number of sulfonamides is 1. The van der Waals surface area contributed by atoms with Crippen molar-refractivity contribution in [2.24, 2.45) is 17.3 Å². The zero-order chi connectivity index (χ0) is 29.6. The van der Waals surface area contributed by atoms with Crippen LogP contribution in [0, 0.1) is 17.3 Å². The molecule has 39 heavy (non-hydrogen) atoms. The molecule has 1 aliphatic carbocycles. The zero-order valence-corrected chi connectivity index (χ0v) is 24.4. The first-order chi connectivity index (χ1) is 17.7. The number of alkyl halides is 3. The van der Waals surface area contributed by atoms with Gasteiger partial charge in [-0.3, -0.25) is 9.69 Å². The molecule has 1 heterocycles. The number of rotatable bonds is 6. The quantitative estimate of drug-likeness (QED) is 0.521. The second kappa shape index (κ2) is 10.9. The molecule has 1 saturated carbocycles. The fraction of sp³-hybridized carbons (Fsp3) is 0.704. The first kappa shape index (κ1) is 31.2. The van der Waals surface area contributed by atoms with Gasteiger partial charge < -0.3 is 10.1 Å². The van der Waals surface area contributed by atoms with E-state index in [1.165, 1.54) is 16.3 Å². The van der Waals surface area contributed by atoms with Gasteiger partial charge in [0.1, 0.15) is 11.6 Å². The molecule has 1 aromatic carbocycles. The number of fused-ring (bicyclic) bond motifs is 1. The number of nitrogens with zero attached hydrogens (tertiary/aromatic N) is 2. The van der Waals surface area contributed by atoms with E-state index in [1.54, 1.807) is 20.8 Å². The third-order valence-corrected chi connectivity index (χ3v) is 9.07. The van der Waals surface area contributed by atoms with Gasteiger partial charge in [0.05, 0.1) is 10.5 Å². The minimum Gasteiger partial charge on any atom is -0.444 e. The molecule has 0 unspecified atom stereocenters. The number of benzene rings is 1. The van der Waals surface area contributed by atoms with Crippen LogP contribution in [-0.2, 0) is 25.7 Å². The molecule has 3 rings (SSSR count). The molecular formula is C27H40F3N3O5S. The van der Waals surface area contributed by atoms with Crippen LogP contribution in [0.5, 0.6) is 0 Å². The van der Waals surface area contributed by atoms with E-state index in [2.05, 4.69) is 5.32 Å². The number of hydrogen-bond acceptors (Lipinski definition) is 5. The zero-order valence-electron chi connectivity index (χ0n) is 23.6. The Morgan fingerprint density at radius 1 is 1.05 bits per heavy atom. The summed E-state index contributed by atoms with van der Waals surface area (Å²) in [4.78, 5) is 27.4. The SMILES string of the molecule is CN(C(=O)OC(C)(C)C)[C@@H](CC(C)(C)C)C(=O)N[C@H]1CC[C@@H]2CN(S(=O)(=O)c3ccc(C(F)(F)F)cc3)C[C@@H]21. The van der Waals surface area contributed by atoms with E-state index in [1.807, 2.05) is 20.8 Å². The van der Waals surface area contributed by atoms with Crippen molar-refractivity contribution < 1.29 is 35.9 Å². The average molecular weight is 576 g/mol. The standard InChI is InChI=1S/C27H40F3N3O5S/c1-25(2,3)14-22(32(7)24(35)38-26(4,5)6)23(34)31-21-13-8-17-15-33(16-20(17)21)39(36,37)19-11-9-18(10-12-19)27(28,29)30/h9-12,17,20-22H,8,13-16H2,1-7H3,(H,31,34)/t17-,20+,21+,22+/m1/s1.